The highest BCUT2D eigenvalue weighted by Gasteiger charge is 2.36. The van der Waals surface area contributed by atoms with Gasteiger partial charge in [-0.25, -0.2) is 4.79 Å². The predicted molar refractivity (Wildman–Crippen MR) is 60.0 cm³/mol. The number of alkyl carbamates (subject to hydrolysis) is 1. The number of hydrogen-bond acceptors (Lipinski definition) is 4. The van der Waals surface area contributed by atoms with E-state index in [0.29, 0.717) is 6.42 Å². The third kappa shape index (κ3) is 4.51. The van der Waals surface area contributed by atoms with Gasteiger partial charge in [-0.3, -0.25) is 4.79 Å². The van der Waals surface area contributed by atoms with Gasteiger partial charge in [0.15, 0.2) is 0 Å². The third-order valence-corrected chi connectivity index (χ3v) is 2.25. The zero-order valence-corrected chi connectivity index (χ0v) is 10.8. The van der Waals surface area contributed by atoms with Crippen molar-refractivity contribution >= 4 is 12.1 Å². The highest BCUT2D eigenvalue weighted by Crippen LogP contribution is 2.29. The molecule has 5 nitrogen and oxygen atoms in total. The Balaban J connectivity index is 4.56. The van der Waals surface area contributed by atoms with Crippen molar-refractivity contribution in [2.24, 2.45) is 5.41 Å². The van der Waals surface area contributed by atoms with Gasteiger partial charge in [0, 0.05) is 5.54 Å². The SMILES string of the molecule is COC(=O)NC(C)(C)CC(C)(C)C(=O)OC. The fourth-order valence-electron chi connectivity index (χ4n) is 1.82. The van der Waals surface area contributed by atoms with E-state index < -0.39 is 17.0 Å². The van der Waals surface area contributed by atoms with E-state index in [1.54, 1.807) is 13.8 Å². The molecule has 16 heavy (non-hydrogen) atoms. The minimum absolute atomic E-state index is 0.299. The van der Waals surface area contributed by atoms with Gasteiger partial charge in [-0.2, -0.15) is 0 Å². The van der Waals surface area contributed by atoms with Crippen LogP contribution >= 0.6 is 0 Å². The van der Waals surface area contributed by atoms with E-state index in [9.17, 15) is 9.59 Å². The average Bonchev–Trinajstić information content (AvgIpc) is 2.13. The summed E-state index contributed by atoms with van der Waals surface area (Å²) in [6.07, 6.45) is -0.0486. The van der Waals surface area contributed by atoms with Crippen molar-refractivity contribution in [2.75, 3.05) is 14.2 Å². The molecule has 0 aromatic heterocycles. The molecule has 0 aliphatic heterocycles. The van der Waals surface area contributed by atoms with E-state index in [1.807, 2.05) is 13.8 Å². The lowest BCUT2D eigenvalue weighted by molar-refractivity contribution is -0.152. The summed E-state index contributed by atoms with van der Waals surface area (Å²) in [5, 5.41) is 2.67. The van der Waals surface area contributed by atoms with E-state index in [2.05, 4.69) is 10.1 Å². The minimum atomic E-state index is -0.654. The van der Waals surface area contributed by atoms with Gasteiger partial charge in [0.25, 0.3) is 0 Å². The first-order chi connectivity index (χ1) is 7.14. The summed E-state index contributed by atoms with van der Waals surface area (Å²) in [4.78, 5) is 22.6. The summed E-state index contributed by atoms with van der Waals surface area (Å²) in [6.45, 7) is 7.21. The topological polar surface area (TPSA) is 64.6 Å². The summed E-state index contributed by atoms with van der Waals surface area (Å²) in [6, 6.07) is 0. The average molecular weight is 231 g/mol. The van der Waals surface area contributed by atoms with Crippen LogP contribution in [0.1, 0.15) is 34.1 Å². The van der Waals surface area contributed by atoms with Gasteiger partial charge in [0.1, 0.15) is 0 Å². The molecule has 0 aromatic carbocycles. The zero-order chi connectivity index (χ0) is 13.0. The second kappa shape index (κ2) is 5.18. The molecule has 0 radical (unpaired) electrons. The van der Waals surface area contributed by atoms with Crippen molar-refractivity contribution in [3.8, 4) is 0 Å². The fourth-order valence-corrected chi connectivity index (χ4v) is 1.82. The van der Waals surface area contributed by atoms with Crippen LogP contribution in [0.5, 0.6) is 0 Å². The molecule has 0 fully saturated rings. The highest BCUT2D eigenvalue weighted by atomic mass is 16.5. The Morgan fingerprint density at radius 3 is 1.94 bits per heavy atom. The molecule has 0 spiro atoms. The van der Waals surface area contributed by atoms with Gasteiger partial charge >= 0.3 is 12.1 Å². The Morgan fingerprint density at radius 1 is 1.06 bits per heavy atom. The van der Waals surface area contributed by atoms with Crippen LogP contribution in [0, 0.1) is 5.41 Å². The molecular formula is C11H21NO4. The molecule has 0 heterocycles. The summed E-state index contributed by atoms with van der Waals surface area (Å²) in [5.41, 5.74) is -1.19. The zero-order valence-electron chi connectivity index (χ0n) is 10.8. The van der Waals surface area contributed by atoms with Crippen LogP contribution < -0.4 is 5.32 Å². The molecule has 0 unspecified atom stereocenters. The van der Waals surface area contributed by atoms with Gasteiger partial charge in [-0.05, 0) is 34.1 Å². The van der Waals surface area contributed by atoms with Gasteiger partial charge in [0.2, 0.25) is 0 Å². The van der Waals surface area contributed by atoms with Crippen LogP contribution in [0.3, 0.4) is 0 Å². The van der Waals surface area contributed by atoms with Crippen LogP contribution in [-0.4, -0.2) is 31.8 Å². The van der Waals surface area contributed by atoms with Crippen molar-refractivity contribution in [1.82, 2.24) is 5.32 Å². The normalized spacial score (nSPS) is 11.9. The summed E-state index contributed by atoms with van der Waals surface area (Å²) >= 11 is 0. The predicted octanol–water partition coefficient (Wildman–Crippen LogP) is 1.71. The van der Waals surface area contributed by atoms with Crippen molar-refractivity contribution in [2.45, 2.75) is 39.7 Å². The van der Waals surface area contributed by atoms with Crippen molar-refractivity contribution in [1.29, 1.82) is 0 Å². The Morgan fingerprint density at radius 2 is 1.56 bits per heavy atom. The van der Waals surface area contributed by atoms with E-state index in [1.165, 1.54) is 14.2 Å². The Bertz CT molecular complexity index is 271. The van der Waals surface area contributed by atoms with Crippen LogP contribution in [0.2, 0.25) is 0 Å². The summed E-state index contributed by atoms with van der Waals surface area (Å²) in [7, 11) is 2.65. The summed E-state index contributed by atoms with van der Waals surface area (Å²) in [5.74, 6) is -0.299. The highest BCUT2D eigenvalue weighted by molar-refractivity contribution is 5.76. The Kier molecular flexibility index (Phi) is 4.78. The van der Waals surface area contributed by atoms with Crippen molar-refractivity contribution < 1.29 is 19.1 Å². The molecular weight excluding hydrogens is 210 g/mol. The number of nitrogens with one attached hydrogen (secondary N) is 1. The quantitative estimate of drug-likeness (QED) is 0.748. The van der Waals surface area contributed by atoms with Crippen LogP contribution in [-0.2, 0) is 14.3 Å². The molecule has 0 rings (SSSR count). The second-order valence-electron chi connectivity index (χ2n) is 5.05. The molecule has 0 aromatic rings. The largest absolute Gasteiger partial charge is 0.469 e. The van der Waals surface area contributed by atoms with E-state index in [0.717, 1.165) is 0 Å². The lowest BCUT2D eigenvalue weighted by atomic mass is 9.80. The monoisotopic (exact) mass is 231 g/mol. The van der Waals surface area contributed by atoms with Crippen LogP contribution in [0.15, 0.2) is 0 Å². The van der Waals surface area contributed by atoms with Crippen molar-refractivity contribution in [3.63, 3.8) is 0 Å². The molecule has 1 amide bonds. The first-order valence-corrected chi connectivity index (χ1v) is 5.09. The number of carbonyl (C=O) groups excluding carboxylic acids is 2. The number of amides is 1. The number of hydrogen-bond donors (Lipinski definition) is 1. The smallest absolute Gasteiger partial charge is 0.407 e. The van der Waals surface area contributed by atoms with Crippen molar-refractivity contribution in [3.05, 3.63) is 0 Å². The lowest BCUT2D eigenvalue weighted by Crippen LogP contribution is -2.47. The van der Waals surface area contributed by atoms with Gasteiger partial charge in [-0.1, -0.05) is 0 Å². The lowest BCUT2D eigenvalue weighted by Gasteiger charge is -2.33. The molecule has 1 N–H and O–H groups in total. The third-order valence-electron chi connectivity index (χ3n) is 2.25. The molecule has 0 atom stereocenters. The maximum Gasteiger partial charge on any atom is 0.407 e. The van der Waals surface area contributed by atoms with E-state index in [4.69, 9.17) is 4.74 Å². The molecule has 0 saturated carbocycles. The van der Waals surface area contributed by atoms with Crippen LogP contribution in [0.25, 0.3) is 0 Å². The second-order valence-corrected chi connectivity index (χ2v) is 5.05. The molecule has 0 aliphatic carbocycles. The minimum Gasteiger partial charge on any atom is -0.469 e. The number of methoxy groups -OCH3 is 2. The van der Waals surface area contributed by atoms with E-state index >= 15 is 0 Å². The maximum atomic E-state index is 11.5. The van der Waals surface area contributed by atoms with Crippen LogP contribution in [0.4, 0.5) is 4.79 Å². The van der Waals surface area contributed by atoms with E-state index in [-0.39, 0.29) is 5.97 Å². The summed E-state index contributed by atoms with van der Waals surface area (Å²) < 4.78 is 9.23. The van der Waals surface area contributed by atoms with Gasteiger partial charge < -0.3 is 14.8 Å². The molecule has 0 bridgehead atoms. The van der Waals surface area contributed by atoms with Gasteiger partial charge in [0.05, 0.1) is 19.6 Å². The Labute approximate surface area is 96.5 Å². The molecule has 0 aliphatic rings. The fraction of sp³-hybridized carbons (Fsp3) is 0.818. The first-order valence-electron chi connectivity index (χ1n) is 5.09. The molecule has 94 valence electrons. The molecule has 0 saturated heterocycles. The Hall–Kier alpha value is -1.26. The number of esters is 1. The maximum absolute atomic E-state index is 11.5. The molecule has 5 heteroatoms. The number of ether oxygens (including phenoxy) is 2. The number of carbonyl (C=O) groups is 2. The first kappa shape index (κ1) is 14.7. The van der Waals surface area contributed by atoms with Gasteiger partial charge in [-0.15, -0.1) is 0 Å². The standard InChI is InChI=1S/C11H21NO4/c1-10(2,8(13)15-5)7-11(3,4)12-9(14)16-6/h7H2,1-6H3,(H,12,14). The number of rotatable bonds is 4.